The molecule has 0 aliphatic heterocycles. The summed E-state index contributed by atoms with van der Waals surface area (Å²) >= 11 is 0. The molecule has 3 saturated carbocycles. The summed E-state index contributed by atoms with van der Waals surface area (Å²) in [5.74, 6) is 1.22. The van der Waals surface area contributed by atoms with Crippen LogP contribution in [0, 0.1) is 23.6 Å². The predicted octanol–water partition coefficient (Wildman–Crippen LogP) is 3.60. The maximum atomic E-state index is 14.5. The zero-order chi connectivity index (χ0) is 19.2. The van der Waals surface area contributed by atoms with Gasteiger partial charge in [-0.05, 0) is 67.4 Å². The normalized spacial score (nSPS) is 27.4. The van der Waals surface area contributed by atoms with Gasteiger partial charge >= 0.3 is 0 Å². The minimum Gasteiger partial charge on any atom is -0.493 e. The molecule has 4 rings (SSSR count). The van der Waals surface area contributed by atoms with Crippen molar-refractivity contribution in [1.29, 1.82) is 0 Å². The van der Waals surface area contributed by atoms with Crippen LogP contribution in [0.3, 0.4) is 0 Å². The third kappa shape index (κ3) is 4.45. The second kappa shape index (κ2) is 7.08. The molecule has 7 heteroatoms. The molecule has 27 heavy (non-hydrogen) atoms. The van der Waals surface area contributed by atoms with Gasteiger partial charge in [0.15, 0.2) is 0 Å². The lowest BCUT2D eigenvalue weighted by atomic mass is 9.81. The van der Waals surface area contributed by atoms with E-state index in [2.05, 4.69) is 0 Å². The van der Waals surface area contributed by atoms with E-state index in [9.17, 15) is 17.6 Å². The molecule has 1 amide bonds. The number of carbonyl (C=O) groups is 1. The molecule has 0 spiro atoms. The lowest BCUT2D eigenvalue weighted by Gasteiger charge is -2.28. The number of hydrogen-bond acceptors (Lipinski definition) is 4. The Morgan fingerprint density at radius 3 is 2.41 bits per heavy atom. The van der Waals surface area contributed by atoms with Gasteiger partial charge in [0.25, 0.3) is 5.91 Å². The fourth-order valence-corrected chi connectivity index (χ4v) is 5.24. The number of ether oxygens (including phenoxy) is 1. The van der Waals surface area contributed by atoms with Crippen molar-refractivity contribution in [1.82, 2.24) is 4.72 Å². The second-order valence-electron chi connectivity index (χ2n) is 8.54. The summed E-state index contributed by atoms with van der Waals surface area (Å²) in [7, 11) is -3.74. The van der Waals surface area contributed by atoms with Gasteiger partial charge in [-0.25, -0.2) is 17.5 Å². The highest BCUT2D eigenvalue weighted by molar-refractivity contribution is 7.89. The van der Waals surface area contributed by atoms with Crippen LogP contribution in [0.25, 0.3) is 0 Å². The van der Waals surface area contributed by atoms with E-state index in [1.54, 1.807) is 0 Å². The number of halogens is 1. The van der Waals surface area contributed by atoms with Crippen molar-refractivity contribution in [2.45, 2.75) is 50.9 Å². The van der Waals surface area contributed by atoms with Crippen LogP contribution in [0.4, 0.5) is 4.39 Å². The standard InChI is InChI=1S/C20H26FNO4S/c1-27(24,25)22-20(23)17-9-16(15-4-5-15)19(10-18(17)21)26-11-14-7-12-2-3-13(6-12)8-14/h9-10,12-15H,2-8,11H2,1H3,(H,22,23)/t12-,13+,14+. The number of hydrogen-bond donors (Lipinski definition) is 1. The summed E-state index contributed by atoms with van der Waals surface area (Å²) in [5.41, 5.74) is 0.569. The molecule has 148 valence electrons. The molecule has 1 N–H and O–H groups in total. The topological polar surface area (TPSA) is 72.5 Å². The Bertz CT molecular complexity index is 838. The summed E-state index contributed by atoms with van der Waals surface area (Å²) in [6.07, 6.45) is 9.20. The molecule has 0 heterocycles. The van der Waals surface area contributed by atoms with Gasteiger partial charge in [-0.15, -0.1) is 0 Å². The zero-order valence-corrected chi connectivity index (χ0v) is 16.4. The molecular weight excluding hydrogens is 369 g/mol. The van der Waals surface area contributed by atoms with Gasteiger partial charge in [0, 0.05) is 6.07 Å². The molecule has 5 nitrogen and oxygen atoms in total. The van der Waals surface area contributed by atoms with E-state index in [1.807, 2.05) is 4.72 Å². The smallest absolute Gasteiger partial charge is 0.267 e. The monoisotopic (exact) mass is 395 g/mol. The number of amides is 1. The molecule has 0 unspecified atom stereocenters. The Morgan fingerprint density at radius 1 is 1.15 bits per heavy atom. The lowest BCUT2D eigenvalue weighted by molar-refractivity contribution is 0.0977. The van der Waals surface area contributed by atoms with Crippen molar-refractivity contribution in [3.05, 3.63) is 29.1 Å². The minimum atomic E-state index is -3.74. The number of benzene rings is 1. The van der Waals surface area contributed by atoms with E-state index in [-0.39, 0.29) is 11.5 Å². The van der Waals surface area contributed by atoms with Gasteiger partial charge in [0.2, 0.25) is 10.0 Å². The van der Waals surface area contributed by atoms with Crippen molar-refractivity contribution in [2.24, 2.45) is 17.8 Å². The van der Waals surface area contributed by atoms with E-state index in [0.717, 1.165) is 36.5 Å². The predicted molar refractivity (Wildman–Crippen MR) is 99.7 cm³/mol. The summed E-state index contributed by atoms with van der Waals surface area (Å²) < 4.78 is 44.9. The Kier molecular flexibility index (Phi) is 4.91. The molecule has 1 aromatic rings. The van der Waals surface area contributed by atoms with Gasteiger partial charge in [-0.1, -0.05) is 12.8 Å². The summed E-state index contributed by atoms with van der Waals surface area (Å²) in [5, 5.41) is 0. The van der Waals surface area contributed by atoms with Crippen molar-refractivity contribution in [2.75, 3.05) is 12.9 Å². The van der Waals surface area contributed by atoms with E-state index in [4.69, 9.17) is 4.74 Å². The minimum absolute atomic E-state index is 0.245. The largest absolute Gasteiger partial charge is 0.493 e. The molecule has 3 aliphatic rings. The maximum absolute atomic E-state index is 14.5. The van der Waals surface area contributed by atoms with E-state index in [1.165, 1.54) is 44.2 Å². The maximum Gasteiger partial charge on any atom is 0.267 e. The van der Waals surface area contributed by atoms with Crippen LogP contribution < -0.4 is 9.46 Å². The van der Waals surface area contributed by atoms with Crippen molar-refractivity contribution in [3.8, 4) is 5.75 Å². The molecule has 0 saturated heterocycles. The summed E-state index contributed by atoms with van der Waals surface area (Å²) in [6.45, 7) is 0.584. The third-order valence-corrected chi connectivity index (χ3v) is 6.65. The zero-order valence-electron chi connectivity index (χ0n) is 15.5. The van der Waals surface area contributed by atoms with Gasteiger partial charge in [-0.3, -0.25) is 4.79 Å². The fraction of sp³-hybridized carbons (Fsp3) is 0.650. The molecule has 1 aromatic carbocycles. The lowest BCUT2D eigenvalue weighted by Crippen LogP contribution is -2.30. The first-order chi connectivity index (χ1) is 12.8. The highest BCUT2D eigenvalue weighted by atomic mass is 32.2. The molecule has 0 radical (unpaired) electrons. The Balaban J connectivity index is 1.50. The Morgan fingerprint density at radius 2 is 1.81 bits per heavy atom. The quantitative estimate of drug-likeness (QED) is 0.799. The number of carbonyl (C=O) groups excluding carboxylic acids is 1. The Hall–Kier alpha value is -1.63. The van der Waals surface area contributed by atoms with Crippen LogP contribution in [0.15, 0.2) is 12.1 Å². The first-order valence-corrected chi connectivity index (χ1v) is 11.7. The summed E-state index contributed by atoms with van der Waals surface area (Å²) in [4.78, 5) is 12.1. The second-order valence-corrected chi connectivity index (χ2v) is 10.3. The third-order valence-electron chi connectivity index (χ3n) is 6.10. The van der Waals surface area contributed by atoms with Crippen LogP contribution in [0.2, 0.25) is 0 Å². The number of sulfonamides is 1. The Labute approximate surface area is 159 Å². The molecule has 3 aliphatic carbocycles. The van der Waals surface area contributed by atoms with Crippen molar-refractivity contribution < 1.29 is 22.3 Å². The summed E-state index contributed by atoms with van der Waals surface area (Å²) in [6, 6.07) is 2.72. The van der Waals surface area contributed by atoms with Crippen LogP contribution in [0.1, 0.15) is 66.8 Å². The average molecular weight is 395 g/mol. The molecule has 0 aromatic heterocycles. The first kappa shape index (κ1) is 18.7. The van der Waals surface area contributed by atoms with Gasteiger partial charge < -0.3 is 4.74 Å². The number of fused-ring (bicyclic) bond motifs is 2. The van der Waals surface area contributed by atoms with Crippen LogP contribution in [0.5, 0.6) is 5.75 Å². The molecule has 3 atom stereocenters. The number of rotatable bonds is 6. The van der Waals surface area contributed by atoms with Gasteiger partial charge in [0.1, 0.15) is 11.6 Å². The number of nitrogens with one attached hydrogen (secondary N) is 1. The van der Waals surface area contributed by atoms with Gasteiger partial charge in [0.05, 0.1) is 18.4 Å². The molecular formula is C20H26FNO4S. The van der Waals surface area contributed by atoms with Gasteiger partial charge in [-0.2, -0.15) is 0 Å². The highest BCUT2D eigenvalue weighted by Gasteiger charge is 2.35. The van der Waals surface area contributed by atoms with Crippen LogP contribution in [-0.4, -0.2) is 27.2 Å². The first-order valence-electron chi connectivity index (χ1n) is 9.77. The van der Waals surface area contributed by atoms with Crippen LogP contribution >= 0.6 is 0 Å². The SMILES string of the molecule is CS(=O)(=O)NC(=O)c1cc(C2CC2)c(OC[C@H]2C[C@@H]3CC[C@@H](C3)C2)cc1F. The average Bonchev–Trinajstić information content (AvgIpc) is 3.36. The highest BCUT2D eigenvalue weighted by Crippen LogP contribution is 2.47. The van der Waals surface area contributed by atoms with Crippen molar-refractivity contribution in [3.63, 3.8) is 0 Å². The molecule has 3 fully saturated rings. The van der Waals surface area contributed by atoms with E-state index < -0.39 is 21.7 Å². The van der Waals surface area contributed by atoms with Crippen LogP contribution in [-0.2, 0) is 10.0 Å². The van der Waals surface area contributed by atoms with E-state index in [0.29, 0.717) is 18.3 Å². The molecule has 2 bridgehead atoms. The fourth-order valence-electron chi connectivity index (χ4n) is 4.80. The van der Waals surface area contributed by atoms with Crippen molar-refractivity contribution >= 4 is 15.9 Å². The van der Waals surface area contributed by atoms with E-state index >= 15 is 0 Å².